The lowest BCUT2D eigenvalue weighted by Gasteiger charge is -2.26. The number of hydrogen-bond acceptors (Lipinski definition) is 4. The summed E-state index contributed by atoms with van der Waals surface area (Å²) in [7, 11) is 0. The third-order valence-corrected chi connectivity index (χ3v) is 4.22. The van der Waals surface area contributed by atoms with E-state index in [1.807, 2.05) is 6.07 Å². The Morgan fingerprint density at radius 1 is 1.50 bits per heavy atom. The summed E-state index contributed by atoms with van der Waals surface area (Å²) in [5, 5.41) is 0. The van der Waals surface area contributed by atoms with Crippen molar-refractivity contribution in [2.24, 2.45) is 0 Å². The van der Waals surface area contributed by atoms with Gasteiger partial charge in [-0.25, -0.2) is 4.98 Å². The fourth-order valence-electron chi connectivity index (χ4n) is 2.65. The number of pyridine rings is 1. The minimum Gasteiger partial charge on any atom is -0.397 e. The molecular weight excluding hydrogens is 292 g/mol. The molecule has 1 saturated heterocycles. The molecule has 4 nitrogen and oxygen atoms in total. The quantitative estimate of drug-likeness (QED) is 0.927. The number of hydrogen-bond donors (Lipinski definition) is 1. The number of rotatable bonds is 4. The highest BCUT2D eigenvalue weighted by molar-refractivity contribution is 9.10. The van der Waals surface area contributed by atoms with Crippen LogP contribution in [0.1, 0.15) is 20.3 Å². The van der Waals surface area contributed by atoms with E-state index < -0.39 is 0 Å². The summed E-state index contributed by atoms with van der Waals surface area (Å²) in [4.78, 5) is 9.30. The molecule has 0 spiro atoms. The molecule has 1 fully saturated rings. The van der Waals surface area contributed by atoms with Crippen LogP contribution >= 0.6 is 15.9 Å². The van der Waals surface area contributed by atoms with Crippen LogP contribution in [0.15, 0.2) is 16.7 Å². The molecule has 1 aromatic heterocycles. The Morgan fingerprint density at radius 3 is 2.83 bits per heavy atom. The Labute approximate surface area is 117 Å². The first-order chi connectivity index (χ1) is 8.65. The zero-order valence-electron chi connectivity index (χ0n) is 11.1. The number of halogens is 1. The number of nitrogens with zero attached hydrogens (tertiary/aromatic N) is 3. The molecular formula is C13H21BrN4. The average Bonchev–Trinajstić information content (AvgIpc) is 2.80. The second-order valence-corrected chi connectivity index (χ2v) is 5.54. The summed E-state index contributed by atoms with van der Waals surface area (Å²) in [6.07, 6.45) is 2.94. The van der Waals surface area contributed by atoms with Crippen LogP contribution in [-0.4, -0.2) is 42.1 Å². The standard InChI is InChI=1S/C13H21BrN4/c1-3-17(4-2)11-5-6-18(9-11)13-12(14)7-10(15)8-16-13/h7-8,11H,3-6,9,15H2,1-2H3. The van der Waals surface area contributed by atoms with Crippen LogP contribution in [0.5, 0.6) is 0 Å². The zero-order chi connectivity index (χ0) is 13.1. The predicted octanol–water partition coefficient (Wildman–Crippen LogP) is 2.35. The van der Waals surface area contributed by atoms with Gasteiger partial charge in [-0.1, -0.05) is 13.8 Å². The minimum absolute atomic E-state index is 0.645. The van der Waals surface area contributed by atoms with Crippen LogP contribution in [0, 0.1) is 0 Å². The Hall–Kier alpha value is -0.810. The van der Waals surface area contributed by atoms with E-state index in [1.165, 1.54) is 6.42 Å². The van der Waals surface area contributed by atoms with Crippen LogP contribution in [0.3, 0.4) is 0 Å². The molecule has 2 rings (SSSR count). The van der Waals surface area contributed by atoms with Gasteiger partial charge in [-0.2, -0.15) is 0 Å². The molecule has 0 aliphatic carbocycles. The fraction of sp³-hybridized carbons (Fsp3) is 0.615. The third-order valence-electron chi connectivity index (χ3n) is 3.63. The molecule has 2 N–H and O–H groups in total. The summed E-state index contributed by atoms with van der Waals surface area (Å²) in [5.41, 5.74) is 6.42. The summed E-state index contributed by atoms with van der Waals surface area (Å²) in [6, 6.07) is 2.57. The molecule has 5 heteroatoms. The van der Waals surface area contributed by atoms with Gasteiger partial charge in [0.05, 0.1) is 16.4 Å². The van der Waals surface area contributed by atoms with E-state index in [9.17, 15) is 0 Å². The maximum Gasteiger partial charge on any atom is 0.143 e. The van der Waals surface area contributed by atoms with Crippen LogP contribution < -0.4 is 10.6 Å². The van der Waals surface area contributed by atoms with Crippen molar-refractivity contribution in [1.82, 2.24) is 9.88 Å². The van der Waals surface area contributed by atoms with E-state index in [1.54, 1.807) is 6.20 Å². The van der Waals surface area contributed by atoms with Gasteiger partial charge in [0.25, 0.3) is 0 Å². The molecule has 0 bridgehead atoms. The summed E-state index contributed by atoms with van der Waals surface area (Å²) in [6.45, 7) is 8.80. The first-order valence-corrected chi connectivity index (χ1v) is 7.35. The van der Waals surface area contributed by atoms with Crippen LogP contribution in [-0.2, 0) is 0 Å². The van der Waals surface area contributed by atoms with Crippen molar-refractivity contribution in [3.63, 3.8) is 0 Å². The van der Waals surface area contributed by atoms with Gasteiger partial charge < -0.3 is 10.6 Å². The largest absolute Gasteiger partial charge is 0.397 e. The maximum atomic E-state index is 5.73. The highest BCUT2D eigenvalue weighted by Crippen LogP contribution is 2.29. The second kappa shape index (κ2) is 5.89. The van der Waals surface area contributed by atoms with Crippen LogP contribution in [0.4, 0.5) is 11.5 Å². The second-order valence-electron chi connectivity index (χ2n) is 4.68. The van der Waals surface area contributed by atoms with E-state index in [2.05, 4.69) is 44.6 Å². The van der Waals surface area contributed by atoms with E-state index in [0.29, 0.717) is 11.7 Å². The Kier molecular flexibility index (Phi) is 4.45. The molecule has 0 aromatic carbocycles. The highest BCUT2D eigenvalue weighted by Gasteiger charge is 2.27. The predicted molar refractivity (Wildman–Crippen MR) is 79.9 cm³/mol. The summed E-state index contributed by atoms with van der Waals surface area (Å²) in [5.74, 6) is 1.01. The molecule has 100 valence electrons. The van der Waals surface area contributed by atoms with Gasteiger partial charge in [-0.15, -0.1) is 0 Å². The first kappa shape index (κ1) is 13.6. The summed E-state index contributed by atoms with van der Waals surface area (Å²) >= 11 is 3.55. The molecule has 2 heterocycles. The van der Waals surface area contributed by atoms with Crippen LogP contribution in [0.2, 0.25) is 0 Å². The van der Waals surface area contributed by atoms with Crippen molar-refractivity contribution >= 4 is 27.4 Å². The van der Waals surface area contributed by atoms with E-state index in [0.717, 1.165) is 36.5 Å². The lowest BCUT2D eigenvalue weighted by atomic mass is 10.2. The molecule has 1 unspecified atom stereocenters. The topological polar surface area (TPSA) is 45.4 Å². The molecule has 0 radical (unpaired) electrons. The van der Waals surface area contributed by atoms with Crippen molar-refractivity contribution in [3.8, 4) is 0 Å². The number of anilines is 2. The van der Waals surface area contributed by atoms with Crippen molar-refractivity contribution in [3.05, 3.63) is 16.7 Å². The molecule has 1 aliphatic heterocycles. The lowest BCUT2D eigenvalue weighted by molar-refractivity contribution is 0.232. The SMILES string of the molecule is CCN(CC)C1CCN(c2ncc(N)cc2Br)C1. The van der Waals surface area contributed by atoms with E-state index in [-0.39, 0.29) is 0 Å². The highest BCUT2D eigenvalue weighted by atomic mass is 79.9. The van der Waals surface area contributed by atoms with Gasteiger partial charge >= 0.3 is 0 Å². The van der Waals surface area contributed by atoms with E-state index in [4.69, 9.17) is 5.73 Å². The molecule has 1 aromatic rings. The molecule has 0 saturated carbocycles. The van der Waals surface area contributed by atoms with Gasteiger partial charge in [-0.05, 0) is 41.5 Å². The monoisotopic (exact) mass is 312 g/mol. The van der Waals surface area contributed by atoms with Gasteiger partial charge in [0.1, 0.15) is 5.82 Å². The average molecular weight is 313 g/mol. The van der Waals surface area contributed by atoms with Crippen molar-refractivity contribution in [2.75, 3.05) is 36.8 Å². The van der Waals surface area contributed by atoms with Gasteiger partial charge in [0, 0.05) is 19.1 Å². The Bertz CT molecular complexity index is 406. The van der Waals surface area contributed by atoms with Crippen molar-refractivity contribution in [2.45, 2.75) is 26.3 Å². The maximum absolute atomic E-state index is 5.73. The number of nitrogens with two attached hydrogens (primary N) is 1. The number of aromatic nitrogens is 1. The minimum atomic E-state index is 0.645. The smallest absolute Gasteiger partial charge is 0.143 e. The number of nitrogen functional groups attached to an aromatic ring is 1. The zero-order valence-corrected chi connectivity index (χ0v) is 12.7. The molecule has 1 aliphatic rings. The third kappa shape index (κ3) is 2.78. The molecule has 18 heavy (non-hydrogen) atoms. The summed E-state index contributed by atoms with van der Waals surface area (Å²) < 4.78 is 0.989. The first-order valence-electron chi connectivity index (χ1n) is 6.55. The Balaban J connectivity index is 2.08. The van der Waals surface area contributed by atoms with Gasteiger partial charge in [-0.3, -0.25) is 4.90 Å². The lowest BCUT2D eigenvalue weighted by Crippen LogP contribution is -2.37. The van der Waals surface area contributed by atoms with Gasteiger partial charge in [0.2, 0.25) is 0 Å². The van der Waals surface area contributed by atoms with E-state index >= 15 is 0 Å². The number of likely N-dealkylation sites (N-methyl/N-ethyl adjacent to an activating group) is 1. The normalized spacial score (nSPS) is 19.8. The fourth-order valence-corrected chi connectivity index (χ4v) is 3.27. The Morgan fingerprint density at radius 2 is 2.22 bits per heavy atom. The molecule has 1 atom stereocenters. The molecule has 0 amide bonds. The van der Waals surface area contributed by atoms with Crippen molar-refractivity contribution < 1.29 is 0 Å². The van der Waals surface area contributed by atoms with Crippen molar-refractivity contribution in [1.29, 1.82) is 0 Å². The van der Waals surface area contributed by atoms with Crippen LogP contribution in [0.25, 0.3) is 0 Å². The van der Waals surface area contributed by atoms with Gasteiger partial charge in [0.15, 0.2) is 0 Å².